The van der Waals surface area contributed by atoms with Gasteiger partial charge in [-0.1, -0.05) is 85.9 Å². The van der Waals surface area contributed by atoms with Crippen LogP contribution < -0.4 is 5.19 Å². The lowest BCUT2D eigenvalue weighted by molar-refractivity contribution is 1.03. The van der Waals surface area contributed by atoms with Gasteiger partial charge < -0.3 is 0 Å². The molecule has 0 saturated heterocycles. The molecule has 0 bridgehead atoms. The molecule has 0 nitrogen and oxygen atoms in total. The van der Waals surface area contributed by atoms with Crippen molar-refractivity contribution in [1.82, 2.24) is 0 Å². The molecule has 17 heavy (non-hydrogen) atoms. The van der Waals surface area contributed by atoms with Gasteiger partial charge in [-0.25, -0.2) is 0 Å². The molecule has 2 aromatic rings. The maximum atomic E-state index is 2.46. The van der Waals surface area contributed by atoms with E-state index in [1.54, 1.807) is 0 Å². The van der Waals surface area contributed by atoms with E-state index in [9.17, 15) is 0 Å². The van der Waals surface area contributed by atoms with Crippen LogP contribution in [0.3, 0.4) is 0 Å². The molecule has 0 aliphatic rings. The van der Waals surface area contributed by atoms with Gasteiger partial charge in [-0.05, 0) is 11.1 Å². The van der Waals surface area contributed by atoms with Crippen LogP contribution in [0.4, 0.5) is 0 Å². The molecule has 0 saturated carbocycles. The summed E-state index contributed by atoms with van der Waals surface area (Å²) in [5.41, 5.74) is 2.11. The van der Waals surface area contributed by atoms with Crippen LogP contribution in [0.1, 0.15) is 18.0 Å². The van der Waals surface area contributed by atoms with Crippen molar-refractivity contribution >= 4 is 13.3 Å². The number of rotatable bonds is 3. The molecule has 1 unspecified atom stereocenters. The average molecular weight is 240 g/mol. The molecule has 2 rings (SSSR count). The average Bonchev–Trinajstić information content (AvgIpc) is 2.40. The first kappa shape index (κ1) is 12.1. The highest BCUT2D eigenvalue weighted by molar-refractivity contribution is 6.90. The highest BCUT2D eigenvalue weighted by Crippen LogP contribution is 2.26. The van der Waals surface area contributed by atoms with Gasteiger partial charge >= 0.3 is 0 Å². The molecule has 0 radical (unpaired) electrons. The van der Waals surface area contributed by atoms with Gasteiger partial charge in [0.15, 0.2) is 0 Å². The second-order valence-electron chi connectivity index (χ2n) is 5.22. The Labute approximate surface area is 105 Å². The second kappa shape index (κ2) is 4.88. The fourth-order valence-electron chi connectivity index (χ4n) is 2.28. The molecule has 0 fully saturated rings. The van der Waals surface area contributed by atoms with Crippen LogP contribution in [-0.2, 0) is 0 Å². The van der Waals surface area contributed by atoms with Crippen LogP contribution in [0.5, 0.6) is 0 Å². The smallest absolute Gasteiger partial charge is 0.0650 e. The topological polar surface area (TPSA) is 0 Å². The normalized spacial score (nSPS) is 13.4. The fourth-order valence-corrected chi connectivity index (χ4v) is 4.85. The van der Waals surface area contributed by atoms with Crippen molar-refractivity contribution in [1.29, 1.82) is 0 Å². The van der Waals surface area contributed by atoms with E-state index in [2.05, 4.69) is 80.7 Å². The molecule has 0 aliphatic carbocycles. The maximum Gasteiger partial charge on any atom is 0.0877 e. The summed E-state index contributed by atoms with van der Waals surface area (Å²) in [7, 11) is -1.42. The van der Waals surface area contributed by atoms with E-state index in [4.69, 9.17) is 0 Å². The molecule has 88 valence electrons. The van der Waals surface area contributed by atoms with Crippen molar-refractivity contribution in [2.45, 2.75) is 25.6 Å². The quantitative estimate of drug-likeness (QED) is 0.713. The van der Waals surface area contributed by atoms with Gasteiger partial charge in [-0.15, -0.1) is 0 Å². The molecule has 0 aliphatic heterocycles. The van der Waals surface area contributed by atoms with E-state index in [1.165, 1.54) is 10.8 Å². The van der Waals surface area contributed by atoms with E-state index in [0.717, 1.165) is 0 Å². The monoisotopic (exact) mass is 240 g/mol. The molecule has 1 heteroatoms. The van der Waals surface area contributed by atoms with Gasteiger partial charge in [-0.3, -0.25) is 0 Å². The zero-order chi connectivity index (χ0) is 12.3. The highest BCUT2D eigenvalue weighted by Gasteiger charge is 2.30. The zero-order valence-corrected chi connectivity index (χ0v) is 11.9. The largest absolute Gasteiger partial charge is 0.0877 e. The summed E-state index contributed by atoms with van der Waals surface area (Å²) in [6, 6.07) is 21.8. The molecule has 2 aromatic carbocycles. The van der Waals surface area contributed by atoms with Crippen LogP contribution in [0.25, 0.3) is 0 Å². The van der Waals surface area contributed by atoms with Gasteiger partial charge in [0.05, 0.1) is 8.07 Å². The first-order valence-electron chi connectivity index (χ1n) is 6.23. The molecule has 0 aromatic heterocycles. The van der Waals surface area contributed by atoms with Crippen LogP contribution in [-0.4, -0.2) is 8.07 Å². The van der Waals surface area contributed by atoms with Crippen molar-refractivity contribution in [3.8, 4) is 0 Å². The van der Waals surface area contributed by atoms with Crippen LogP contribution in [0.2, 0.25) is 13.1 Å². The van der Waals surface area contributed by atoms with Crippen molar-refractivity contribution < 1.29 is 0 Å². The van der Waals surface area contributed by atoms with Crippen molar-refractivity contribution in [2.24, 2.45) is 0 Å². The lowest BCUT2D eigenvalue weighted by Gasteiger charge is -2.30. The third-order valence-electron chi connectivity index (χ3n) is 3.90. The predicted octanol–water partition coefficient (Wildman–Crippen LogP) is 3.94. The second-order valence-corrected chi connectivity index (χ2v) is 10.1. The van der Waals surface area contributed by atoms with E-state index in [0.29, 0.717) is 5.54 Å². The minimum absolute atomic E-state index is 0.645. The van der Waals surface area contributed by atoms with Gasteiger partial charge in [0.2, 0.25) is 0 Å². The molecular formula is C16H20Si. The summed E-state index contributed by atoms with van der Waals surface area (Å²) in [6.07, 6.45) is 0. The summed E-state index contributed by atoms with van der Waals surface area (Å²) in [4.78, 5) is 0. The molecular weight excluding hydrogens is 220 g/mol. The molecule has 0 amide bonds. The van der Waals surface area contributed by atoms with E-state index >= 15 is 0 Å². The molecule has 0 heterocycles. The number of hydrogen-bond acceptors (Lipinski definition) is 0. The van der Waals surface area contributed by atoms with Crippen LogP contribution in [0.15, 0.2) is 60.7 Å². The Morgan fingerprint density at radius 3 is 1.76 bits per heavy atom. The molecule has 0 N–H and O–H groups in total. The first-order chi connectivity index (χ1) is 8.12. The lowest BCUT2D eigenvalue weighted by Crippen LogP contribution is -2.46. The summed E-state index contributed by atoms with van der Waals surface area (Å²) < 4.78 is 0. The van der Waals surface area contributed by atoms with E-state index < -0.39 is 8.07 Å². The molecule has 1 atom stereocenters. The highest BCUT2D eigenvalue weighted by atomic mass is 28.3. The standard InChI is InChI=1S/C16H20Si/c1-14(15-10-6-4-7-11-15)17(2,3)16-12-8-5-9-13-16/h4-14H,1-3H3. The van der Waals surface area contributed by atoms with Crippen molar-refractivity contribution in [2.75, 3.05) is 0 Å². The minimum atomic E-state index is -1.42. The van der Waals surface area contributed by atoms with Gasteiger partial charge in [0, 0.05) is 0 Å². The van der Waals surface area contributed by atoms with Crippen LogP contribution >= 0.6 is 0 Å². The Bertz CT molecular complexity index is 459. The van der Waals surface area contributed by atoms with Crippen molar-refractivity contribution in [3.63, 3.8) is 0 Å². The Kier molecular flexibility index (Phi) is 3.48. The number of benzene rings is 2. The first-order valence-corrected chi connectivity index (χ1v) is 9.30. The lowest BCUT2D eigenvalue weighted by atomic mass is 10.2. The van der Waals surface area contributed by atoms with Gasteiger partial charge in [0.1, 0.15) is 0 Å². The van der Waals surface area contributed by atoms with Crippen molar-refractivity contribution in [3.05, 3.63) is 66.2 Å². The van der Waals surface area contributed by atoms with E-state index in [-0.39, 0.29) is 0 Å². The predicted molar refractivity (Wildman–Crippen MR) is 78.4 cm³/mol. The van der Waals surface area contributed by atoms with E-state index in [1.807, 2.05) is 0 Å². The Morgan fingerprint density at radius 2 is 1.24 bits per heavy atom. The summed E-state index contributed by atoms with van der Waals surface area (Å²) >= 11 is 0. The van der Waals surface area contributed by atoms with Gasteiger partial charge in [-0.2, -0.15) is 0 Å². The maximum absolute atomic E-state index is 2.46. The summed E-state index contributed by atoms with van der Waals surface area (Å²) in [6.45, 7) is 7.29. The Morgan fingerprint density at radius 1 is 0.765 bits per heavy atom. The Balaban J connectivity index is 2.33. The fraction of sp³-hybridized carbons (Fsp3) is 0.250. The Hall–Kier alpha value is -1.34. The number of hydrogen-bond donors (Lipinski definition) is 0. The summed E-state index contributed by atoms with van der Waals surface area (Å²) in [5.74, 6) is 0. The minimum Gasteiger partial charge on any atom is -0.0650 e. The zero-order valence-electron chi connectivity index (χ0n) is 10.9. The van der Waals surface area contributed by atoms with Crippen LogP contribution in [0, 0.1) is 0 Å². The molecule has 0 spiro atoms. The summed E-state index contributed by atoms with van der Waals surface area (Å²) in [5, 5.41) is 1.54. The van der Waals surface area contributed by atoms with Gasteiger partial charge in [0.25, 0.3) is 0 Å². The third-order valence-corrected chi connectivity index (χ3v) is 8.22. The SMILES string of the molecule is CC(c1ccccc1)[Si](C)(C)c1ccccc1. The third kappa shape index (κ3) is 2.50.